The first-order valence-electron chi connectivity index (χ1n) is 6.46. The summed E-state index contributed by atoms with van der Waals surface area (Å²) in [5.74, 6) is -1.22. The van der Waals surface area contributed by atoms with Gasteiger partial charge in [-0.2, -0.15) is 5.48 Å². The Balaban J connectivity index is 2.88. The van der Waals surface area contributed by atoms with Crippen LogP contribution < -0.4 is 11.2 Å². The molecule has 4 N–H and O–H groups in total. The highest BCUT2D eigenvalue weighted by atomic mass is 16.5. The number of hydrogen-bond acceptors (Lipinski definition) is 7. The van der Waals surface area contributed by atoms with Crippen LogP contribution in [0.3, 0.4) is 0 Å². The molecule has 0 spiro atoms. The second-order valence-corrected chi connectivity index (χ2v) is 4.57. The number of esters is 1. The van der Waals surface area contributed by atoms with Crippen molar-refractivity contribution in [2.45, 2.75) is 18.5 Å². The summed E-state index contributed by atoms with van der Waals surface area (Å²) in [4.78, 5) is 22.2. The average Bonchev–Trinajstić information content (AvgIpc) is 2.52. The molecule has 0 aliphatic heterocycles. The van der Waals surface area contributed by atoms with Crippen molar-refractivity contribution >= 4 is 12.4 Å². The Morgan fingerprint density at radius 2 is 2.10 bits per heavy atom. The zero-order chi connectivity index (χ0) is 15.7. The number of hydroxylamine groups is 1. The van der Waals surface area contributed by atoms with Gasteiger partial charge < -0.3 is 20.4 Å². The van der Waals surface area contributed by atoms with E-state index < -0.39 is 24.0 Å². The van der Waals surface area contributed by atoms with Gasteiger partial charge in [-0.1, -0.05) is 30.3 Å². The highest BCUT2D eigenvalue weighted by molar-refractivity contribution is 5.73. The molecule has 3 atom stereocenters. The summed E-state index contributed by atoms with van der Waals surface area (Å²) in [5.41, 5.74) is 8.77. The molecule has 0 amide bonds. The molecule has 0 radical (unpaired) electrons. The minimum atomic E-state index is -0.808. The van der Waals surface area contributed by atoms with Crippen molar-refractivity contribution < 1.29 is 24.3 Å². The molecule has 0 aromatic heterocycles. The van der Waals surface area contributed by atoms with Crippen LogP contribution in [0.4, 0.5) is 0 Å². The Morgan fingerprint density at radius 3 is 2.62 bits per heavy atom. The molecule has 0 aliphatic carbocycles. The van der Waals surface area contributed by atoms with Crippen molar-refractivity contribution in [3.8, 4) is 0 Å². The first-order chi connectivity index (χ1) is 10.1. The van der Waals surface area contributed by atoms with Gasteiger partial charge in [0, 0.05) is 0 Å². The van der Waals surface area contributed by atoms with Crippen LogP contribution in [0, 0.1) is 5.92 Å². The standard InChI is InChI=1S/C14H20N2O5/c1-20-14(18)11(7-10-5-3-2-4-6-10)13(16-19)12(15)8-21-9-17/h2-6,9,11-13,16,19H,7-8,15H2,1H3. The van der Waals surface area contributed by atoms with E-state index >= 15 is 0 Å². The fourth-order valence-electron chi connectivity index (χ4n) is 2.11. The molecule has 1 aromatic carbocycles. The third kappa shape index (κ3) is 5.14. The maximum absolute atomic E-state index is 12.0. The second kappa shape index (κ2) is 9.06. The quantitative estimate of drug-likeness (QED) is 0.330. The minimum Gasteiger partial charge on any atom is -0.469 e. The first kappa shape index (κ1) is 17.1. The predicted molar refractivity (Wildman–Crippen MR) is 74.4 cm³/mol. The molecule has 3 unspecified atom stereocenters. The number of benzene rings is 1. The molecule has 1 aromatic rings. The van der Waals surface area contributed by atoms with Crippen molar-refractivity contribution in [2.24, 2.45) is 11.7 Å². The molecular weight excluding hydrogens is 276 g/mol. The number of methoxy groups -OCH3 is 1. The van der Waals surface area contributed by atoms with E-state index in [-0.39, 0.29) is 13.1 Å². The summed E-state index contributed by atoms with van der Waals surface area (Å²) in [6, 6.07) is 7.71. The highest BCUT2D eigenvalue weighted by Gasteiger charge is 2.33. The van der Waals surface area contributed by atoms with E-state index in [1.165, 1.54) is 7.11 Å². The predicted octanol–water partition coefficient (Wildman–Crippen LogP) is -0.134. The fraction of sp³-hybridized carbons (Fsp3) is 0.429. The number of carbonyl (C=O) groups is 2. The molecule has 0 heterocycles. The van der Waals surface area contributed by atoms with Gasteiger partial charge in [0.05, 0.1) is 25.1 Å². The van der Waals surface area contributed by atoms with Gasteiger partial charge >= 0.3 is 5.97 Å². The normalized spacial score (nSPS) is 14.8. The van der Waals surface area contributed by atoms with Crippen LogP contribution in [-0.2, 0) is 25.5 Å². The van der Waals surface area contributed by atoms with Crippen molar-refractivity contribution in [3.05, 3.63) is 35.9 Å². The Labute approximate surface area is 123 Å². The summed E-state index contributed by atoms with van der Waals surface area (Å²) in [6.07, 6.45) is 0.334. The third-order valence-corrected chi connectivity index (χ3v) is 3.20. The molecule has 0 saturated heterocycles. The molecular formula is C14H20N2O5. The topological polar surface area (TPSA) is 111 Å². The number of nitrogens with one attached hydrogen (secondary N) is 1. The van der Waals surface area contributed by atoms with Gasteiger partial charge in [-0.15, -0.1) is 0 Å². The number of nitrogens with two attached hydrogens (primary N) is 1. The monoisotopic (exact) mass is 296 g/mol. The van der Waals surface area contributed by atoms with E-state index in [0.717, 1.165) is 5.56 Å². The summed E-state index contributed by atoms with van der Waals surface area (Å²) in [6.45, 7) is 0.142. The Morgan fingerprint density at radius 1 is 1.43 bits per heavy atom. The zero-order valence-electron chi connectivity index (χ0n) is 11.8. The molecule has 21 heavy (non-hydrogen) atoms. The lowest BCUT2D eigenvalue weighted by molar-refractivity contribution is -0.148. The van der Waals surface area contributed by atoms with Crippen LogP contribution in [0.5, 0.6) is 0 Å². The smallest absolute Gasteiger partial charge is 0.310 e. The third-order valence-electron chi connectivity index (χ3n) is 3.20. The average molecular weight is 296 g/mol. The minimum absolute atomic E-state index is 0.121. The van der Waals surface area contributed by atoms with Crippen LogP contribution in [0.15, 0.2) is 30.3 Å². The molecule has 0 fully saturated rings. The summed E-state index contributed by atoms with van der Waals surface area (Å²) >= 11 is 0. The van der Waals surface area contributed by atoms with Gasteiger partial charge in [-0.25, -0.2) is 0 Å². The lowest BCUT2D eigenvalue weighted by Gasteiger charge is -2.28. The number of hydrogen-bond donors (Lipinski definition) is 3. The lowest BCUT2D eigenvalue weighted by Crippen LogP contribution is -2.53. The number of carbonyl (C=O) groups excluding carboxylic acids is 2. The fourth-order valence-corrected chi connectivity index (χ4v) is 2.11. The van der Waals surface area contributed by atoms with Crippen molar-refractivity contribution in [1.29, 1.82) is 0 Å². The second-order valence-electron chi connectivity index (χ2n) is 4.57. The van der Waals surface area contributed by atoms with E-state index in [1.54, 1.807) is 0 Å². The van der Waals surface area contributed by atoms with Gasteiger partial charge in [0.2, 0.25) is 0 Å². The molecule has 116 valence electrons. The molecule has 0 saturated carbocycles. The molecule has 7 nitrogen and oxygen atoms in total. The Hall–Kier alpha value is -1.96. The Kier molecular flexibility index (Phi) is 7.38. The van der Waals surface area contributed by atoms with Crippen LogP contribution in [0.2, 0.25) is 0 Å². The van der Waals surface area contributed by atoms with Gasteiger partial charge in [0.25, 0.3) is 6.47 Å². The number of ether oxygens (including phenoxy) is 2. The molecule has 7 heteroatoms. The molecule has 0 bridgehead atoms. The van der Waals surface area contributed by atoms with Crippen LogP contribution in [0.1, 0.15) is 5.56 Å². The van der Waals surface area contributed by atoms with Crippen molar-refractivity contribution in [3.63, 3.8) is 0 Å². The maximum Gasteiger partial charge on any atom is 0.310 e. The maximum atomic E-state index is 12.0. The summed E-state index contributed by atoms with van der Waals surface area (Å²) in [7, 11) is 1.27. The molecule has 0 aliphatic rings. The van der Waals surface area contributed by atoms with E-state index in [9.17, 15) is 14.8 Å². The van der Waals surface area contributed by atoms with E-state index in [2.05, 4.69) is 4.74 Å². The zero-order valence-corrected chi connectivity index (χ0v) is 11.8. The van der Waals surface area contributed by atoms with E-state index in [4.69, 9.17) is 10.5 Å². The van der Waals surface area contributed by atoms with Crippen molar-refractivity contribution in [2.75, 3.05) is 13.7 Å². The summed E-state index contributed by atoms with van der Waals surface area (Å²) in [5, 5.41) is 9.31. The Bertz CT molecular complexity index is 440. The number of rotatable bonds is 9. The van der Waals surface area contributed by atoms with Gasteiger partial charge in [-0.05, 0) is 12.0 Å². The van der Waals surface area contributed by atoms with Crippen LogP contribution in [0.25, 0.3) is 0 Å². The first-order valence-corrected chi connectivity index (χ1v) is 6.46. The summed E-state index contributed by atoms with van der Waals surface area (Å²) < 4.78 is 9.35. The van der Waals surface area contributed by atoms with Gasteiger partial charge in [0.15, 0.2) is 0 Å². The van der Waals surface area contributed by atoms with Crippen LogP contribution in [-0.4, -0.2) is 43.4 Å². The van der Waals surface area contributed by atoms with E-state index in [1.807, 2.05) is 35.8 Å². The van der Waals surface area contributed by atoms with E-state index in [0.29, 0.717) is 6.42 Å². The van der Waals surface area contributed by atoms with Gasteiger partial charge in [-0.3, -0.25) is 9.59 Å². The SMILES string of the molecule is COC(=O)C(Cc1ccccc1)C(NO)C(N)COC=O. The molecule has 1 rings (SSSR count). The van der Waals surface area contributed by atoms with Gasteiger partial charge in [0.1, 0.15) is 6.61 Å². The lowest BCUT2D eigenvalue weighted by atomic mass is 9.88. The largest absolute Gasteiger partial charge is 0.469 e. The highest BCUT2D eigenvalue weighted by Crippen LogP contribution is 2.16. The van der Waals surface area contributed by atoms with Crippen molar-refractivity contribution in [1.82, 2.24) is 5.48 Å². The van der Waals surface area contributed by atoms with Crippen LogP contribution >= 0.6 is 0 Å².